The van der Waals surface area contributed by atoms with Gasteiger partial charge in [-0.05, 0) is 36.3 Å². The number of allylic oxidation sites excluding steroid dienone is 4. The van der Waals surface area contributed by atoms with Gasteiger partial charge in [0.2, 0.25) is 0 Å². The smallest absolute Gasteiger partial charge is 0.252 e. The highest BCUT2D eigenvalue weighted by atomic mass is 35.5. The normalized spacial score (nSPS) is 22.5. The van der Waals surface area contributed by atoms with Crippen LogP contribution in [-0.4, -0.2) is 16.1 Å². The number of carbonyl (C=O) groups is 1. The third kappa shape index (κ3) is 1.99. The lowest BCUT2D eigenvalue weighted by Gasteiger charge is -2.12. The molecular weight excluding hydrogens is 286 g/mol. The number of fused-ring (bicyclic) bond motifs is 2. The van der Waals surface area contributed by atoms with Crippen LogP contribution in [0, 0.1) is 5.92 Å². The van der Waals surface area contributed by atoms with E-state index in [0.29, 0.717) is 5.02 Å². The topological polar surface area (TPSA) is 57.8 Å². The van der Waals surface area contributed by atoms with E-state index in [1.807, 2.05) is 30.4 Å². The maximum absolute atomic E-state index is 12.1. The van der Waals surface area contributed by atoms with Gasteiger partial charge in [-0.3, -0.25) is 9.89 Å². The molecule has 4 rings (SSSR count). The molecule has 1 aromatic heterocycles. The van der Waals surface area contributed by atoms with Crippen LogP contribution in [0.2, 0.25) is 5.02 Å². The lowest BCUT2D eigenvalue weighted by molar-refractivity contribution is -0.115. The number of aromatic amines is 1. The van der Waals surface area contributed by atoms with Gasteiger partial charge in [-0.15, -0.1) is 0 Å². The number of H-pyrrole nitrogens is 1. The molecule has 1 aliphatic carbocycles. The molecule has 21 heavy (non-hydrogen) atoms. The molecular formula is C16H12ClN3O. The molecule has 1 amide bonds. The predicted octanol–water partition coefficient (Wildman–Crippen LogP) is 3.19. The number of amides is 1. The van der Waals surface area contributed by atoms with E-state index in [9.17, 15) is 4.79 Å². The molecule has 0 bridgehead atoms. The van der Waals surface area contributed by atoms with E-state index in [2.05, 4.69) is 21.6 Å². The van der Waals surface area contributed by atoms with Crippen LogP contribution in [0.15, 0.2) is 47.8 Å². The highest BCUT2D eigenvalue weighted by Gasteiger charge is 2.32. The summed E-state index contributed by atoms with van der Waals surface area (Å²) in [7, 11) is 0. The van der Waals surface area contributed by atoms with Crippen LogP contribution >= 0.6 is 11.6 Å². The number of hydrogen-bond acceptors (Lipinski definition) is 2. The van der Waals surface area contributed by atoms with Gasteiger partial charge < -0.3 is 5.32 Å². The van der Waals surface area contributed by atoms with Gasteiger partial charge in [-0.25, -0.2) is 0 Å². The van der Waals surface area contributed by atoms with E-state index in [1.165, 1.54) is 0 Å². The molecule has 1 aliphatic heterocycles. The van der Waals surface area contributed by atoms with Crippen molar-refractivity contribution >= 4 is 34.5 Å². The Morgan fingerprint density at radius 2 is 2.29 bits per heavy atom. The highest BCUT2D eigenvalue weighted by Crippen LogP contribution is 2.34. The Morgan fingerprint density at radius 3 is 3.19 bits per heavy atom. The first-order valence-corrected chi connectivity index (χ1v) is 7.12. The summed E-state index contributed by atoms with van der Waals surface area (Å²) in [5.74, 6) is 0.0921. The summed E-state index contributed by atoms with van der Waals surface area (Å²) in [5.41, 5.74) is 3.52. The minimum atomic E-state index is -0.0317. The maximum Gasteiger partial charge on any atom is 0.252 e. The van der Waals surface area contributed by atoms with Crippen LogP contribution in [0.25, 0.3) is 17.0 Å². The van der Waals surface area contributed by atoms with Crippen molar-refractivity contribution in [1.29, 1.82) is 0 Å². The summed E-state index contributed by atoms with van der Waals surface area (Å²) in [4.78, 5) is 12.1. The van der Waals surface area contributed by atoms with Crippen LogP contribution in [0.3, 0.4) is 0 Å². The lowest BCUT2D eigenvalue weighted by atomic mass is 9.91. The summed E-state index contributed by atoms with van der Waals surface area (Å²) < 4.78 is 0. The SMILES string of the molecule is O=C1NC2=CC=CCC2/C1=C\c1cc(Cl)c2cn[nH]c2c1. The third-order valence-electron chi connectivity index (χ3n) is 3.91. The number of nitrogens with one attached hydrogen (secondary N) is 2. The van der Waals surface area contributed by atoms with E-state index < -0.39 is 0 Å². The molecule has 0 saturated carbocycles. The van der Waals surface area contributed by atoms with Crippen LogP contribution < -0.4 is 5.32 Å². The predicted molar refractivity (Wildman–Crippen MR) is 82.6 cm³/mol. The molecule has 1 aromatic carbocycles. The Balaban J connectivity index is 1.80. The molecule has 1 unspecified atom stereocenters. The lowest BCUT2D eigenvalue weighted by Crippen LogP contribution is -2.13. The van der Waals surface area contributed by atoms with Gasteiger partial charge in [0.1, 0.15) is 0 Å². The molecule has 2 N–H and O–H groups in total. The Kier molecular flexibility index (Phi) is 2.72. The minimum Gasteiger partial charge on any atom is -0.325 e. The van der Waals surface area contributed by atoms with E-state index in [1.54, 1.807) is 6.20 Å². The van der Waals surface area contributed by atoms with Crippen LogP contribution in [0.4, 0.5) is 0 Å². The molecule has 2 heterocycles. The number of rotatable bonds is 1. The van der Waals surface area contributed by atoms with Gasteiger partial charge >= 0.3 is 0 Å². The zero-order chi connectivity index (χ0) is 14.4. The Hall–Kier alpha value is -2.33. The minimum absolute atomic E-state index is 0.0317. The van der Waals surface area contributed by atoms with Crippen LogP contribution in [0.1, 0.15) is 12.0 Å². The maximum atomic E-state index is 12.1. The van der Waals surface area contributed by atoms with Crippen molar-refractivity contribution in [3.63, 3.8) is 0 Å². The molecule has 1 atom stereocenters. The van der Waals surface area contributed by atoms with Crippen molar-refractivity contribution in [2.24, 2.45) is 5.92 Å². The summed E-state index contributed by atoms with van der Waals surface area (Å²) in [6.07, 6.45) is 10.5. The summed E-state index contributed by atoms with van der Waals surface area (Å²) in [6, 6.07) is 3.81. The second-order valence-corrected chi connectivity index (χ2v) is 5.63. The average molecular weight is 298 g/mol. The molecule has 4 nitrogen and oxygen atoms in total. The zero-order valence-corrected chi connectivity index (χ0v) is 11.8. The van der Waals surface area contributed by atoms with Gasteiger partial charge in [-0.1, -0.05) is 23.8 Å². The van der Waals surface area contributed by atoms with Crippen LogP contribution in [-0.2, 0) is 4.79 Å². The number of aromatic nitrogens is 2. The first kappa shape index (κ1) is 12.4. The van der Waals surface area contributed by atoms with E-state index >= 15 is 0 Å². The molecule has 104 valence electrons. The Labute approximate surface area is 126 Å². The first-order chi connectivity index (χ1) is 10.2. The van der Waals surface area contributed by atoms with Gasteiger partial charge in [0.05, 0.1) is 16.7 Å². The molecule has 0 spiro atoms. The molecule has 0 radical (unpaired) electrons. The fraction of sp³-hybridized carbons (Fsp3) is 0.125. The number of carbonyl (C=O) groups excluding carboxylic acids is 1. The third-order valence-corrected chi connectivity index (χ3v) is 4.22. The fourth-order valence-electron chi connectivity index (χ4n) is 2.87. The standard InChI is InChI=1S/C16H12ClN3O/c17-13-6-9(7-15-12(13)8-18-20-15)5-11-10-3-1-2-4-14(10)19-16(11)21/h1-2,4-8,10H,3H2,(H,18,20)(H,19,21)/b11-5+. The first-order valence-electron chi connectivity index (χ1n) is 6.74. The van der Waals surface area contributed by atoms with Crippen molar-refractivity contribution in [2.45, 2.75) is 6.42 Å². The van der Waals surface area contributed by atoms with Crippen molar-refractivity contribution in [2.75, 3.05) is 0 Å². The van der Waals surface area contributed by atoms with Crippen molar-refractivity contribution in [1.82, 2.24) is 15.5 Å². The fourth-order valence-corrected chi connectivity index (χ4v) is 3.15. The van der Waals surface area contributed by atoms with Crippen LogP contribution in [0.5, 0.6) is 0 Å². The summed E-state index contributed by atoms with van der Waals surface area (Å²) in [6.45, 7) is 0. The van der Waals surface area contributed by atoms with Gasteiger partial charge in [0.15, 0.2) is 0 Å². The van der Waals surface area contributed by atoms with Crippen molar-refractivity contribution in [3.8, 4) is 0 Å². The van der Waals surface area contributed by atoms with E-state index in [-0.39, 0.29) is 11.8 Å². The summed E-state index contributed by atoms with van der Waals surface area (Å²) in [5, 5.41) is 11.3. The summed E-state index contributed by atoms with van der Waals surface area (Å²) >= 11 is 6.25. The number of nitrogens with zero attached hydrogens (tertiary/aromatic N) is 1. The van der Waals surface area contributed by atoms with Gasteiger partial charge in [0.25, 0.3) is 5.91 Å². The molecule has 1 fully saturated rings. The monoisotopic (exact) mass is 297 g/mol. The average Bonchev–Trinajstić information content (AvgIpc) is 3.05. The zero-order valence-electron chi connectivity index (χ0n) is 11.1. The van der Waals surface area contributed by atoms with E-state index in [0.717, 1.165) is 34.2 Å². The molecule has 2 aromatic rings. The Bertz CT molecular complexity index is 844. The Morgan fingerprint density at radius 1 is 1.38 bits per heavy atom. The molecule has 5 heteroatoms. The second-order valence-electron chi connectivity index (χ2n) is 5.23. The number of halogens is 1. The molecule has 1 saturated heterocycles. The molecule has 2 aliphatic rings. The van der Waals surface area contributed by atoms with Crippen molar-refractivity contribution in [3.05, 3.63) is 58.4 Å². The highest BCUT2D eigenvalue weighted by molar-refractivity contribution is 6.35. The number of benzene rings is 1. The van der Waals surface area contributed by atoms with E-state index in [4.69, 9.17) is 11.6 Å². The van der Waals surface area contributed by atoms with Gasteiger partial charge in [-0.2, -0.15) is 5.10 Å². The largest absolute Gasteiger partial charge is 0.325 e. The van der Waals surface area contributed by atoms with Gasteiger partial charge in [0, 0.05) is 22.6 Å². The second kappa shape index (κ2) is 4.60. The number of hydrogen-bond donors (Lipinski definition) is 2. The van der Waals surface area contributed by atoms with Crippen molar-refractivity contribution < 1.29 is 4.79 Å². The quantitative estimate of drug-likeness (QED) is 0.794.